The second-order valence-corrected chi connectivity index (χ2v) is 17.5. The number of fused-ring (bicyclic) bond motifs is 6. The fraction of sp³-hybridized carbons (Fsp3) is 0.391. The van der Waals surface area contributed by atoms with Crippen LogP contribution in [-0.2, 0) is 27.9 Å². The van der Waals surface area contributed by atoms with Gasteiger partial charge < -0.3 is 20.4 Å². The first-order chi connectivity index (χ1) is 29.1. The molecule has 14 heteroatoms. The summed E-state index contributed by atoms with van der Waals surface area (Å²) in [5, 5.41) is 11.0. The van der Waals surface area contributed by atoms with Crippen molar-refractivity contribution >= 4 is 78.4 Å². The molecular weight excluding hydrogens is 777 g/mol. The first-order valence-corrected chi connectivity index (χ1v) is 22.0. The molecule has 4 amide bonds. The normalized spacial score (nSPS) is 18.4. The Bertz CT molecular complexity index is 2730. The molecule has 3 aromatic carbocycles. The molecule has 3 aromatic heterocycles. The maximum absolute atomic E-state index is 13.2. The number of nitrogens with zero attached hydrogens (tertiary/aromatic N) is 5. The Morgan fingerprint density at radius 2 is 1.70 bits per heavy atom. The largest absolute Gasteiger partial charge is 0.381 e. The van der Waals surface area contributed by atoms with Crippen LogP contribution in [0.5, 0.6) is 0 Å². The minimum atomic E-state index is -0.683. The summed E-state index contributed by atoms with van der Waals surface area (Å²) in [5.41, 5.74) is 7.23. The fourth-order valence-electron chi connectivity index (χ4n) is 9.05. The van der Waals surface area contributed by atoms with E-state index in [0.29, 0.717) is 38.0 Å². The smallest absolute Gasteiger partial charge is 0.329 e. The molecule has 0 aliphatic carbocycles. The van der Waals surface area contributed by atoms with Crippen molar-refractivity contribution in [2.45, 2.75) is 76.8 Å². The first-order valence-electron chi connectivity index (χ1n) is 21.2. The predicted octanol–water partition coefficient (Wildman–Crippen LogP) is 6.52. The van der Waals surface area contributed by atoms with Gasteiger partial charge in [-0.3, -0.25) is 33.6 Å². The average Bonchev–Trinajstić information content (AvgIpc) is 3.71. The van der Waals surface area contributed by atoms with Gasteiger partial charge in [0.25, 0.3) is 5.91 Å². The summed E-state index contributed by atoms with van der Waals surface area (Å²) in [6, 6.07) is 22.1. The number of piperidine rings is 1. The van der Waals surface area contributed by atoms with Crippen LogP contribution in [0.2, 0.25) is 0 Å². The maximum atomic E-state index is 13.2. The summed E-state index contributed by atoms with van der Waals surface area (Å²) in [5.74, 6) is -0.528. The molecule has 0 saturated carbocycles. The molecule has 9 rings (SSSR count). The van der Waals surface area contributed by atoms with Crippen LogP contribution in [0.4, 0.5) is 11.4 Å². The number of carbonyl (C=O) groups excluding carboxylic acids is 4. The Morgan fingerprint density at radius 3 is 2.53 bits per heavy atom. The van der Waals surface area contributed by atoms with E-state index in [1.807, 2.05) is 36.1 Å². The van der Waals surface area contributed by atoms with Crippen LogP contribution < -0.4 is 26.5 Å². The monoisotopic (exact) mass is 826 g/mol. The number of imidazole rings is 1. The van der Waals surface area contributed by atoms with Crippen LogP contribution in [-0.4, -0.2) is 81.4 Å². The topological polar surface area (TPSA) is 151 Å². The van der Waals surface area contributed by atoms with Gasteiger partial charge in [0.15, 0.2) is 0 Å². The van der Waals surface area contributed by atoms with E-state index >= 15 is 0 Å². The van der Waals surface area contributed by atoms with E-state index in [9.17, 15) is 24.0 Å². The molecule has 2 saturated heterocycles. The SMILES string of the molecule is C[C@@H]1CNc2c(sc3ccc4nc(-c5cccc(N6CCN(C(=O)CCCCCCCc7ccc8c(c7)n(C)c(=O)n8C7CCC(=O)NC7=O)CC6)c5)ccc4c23)C(=O)N1. The van der Waals surface area contributed by atoms with E-state index in [-0.39, 0.29) is 35.9 Å². The van der Waals surface area contributed by atoms with Crippen molar-refractivity contribution in [2.75, 3.05) is 42.9 Å². The van der Waals surface area contributed by atoms with Gasteiger partial charge in [-0.15, -0.1) is 11.3 Å². The lowest BCUT2D eigenvalue weighted by Crippen LogP contribution is -2.48. The molecular formula is C46H50N8O5S. The van der Waals surface area contributed by atoms with E-state index in [1.165, 1.54) is 15.9 Å². The molecule has 0 radical (unpaired) electrons. The number of anilines is 2. The van der Waals surface area contributed by atoms with Crippen molar-refractivity contribution in [3.05, 3.63) is 87.7 Å². The zero-order valence-corrected chi connectivity index (χ0v) is 34.9. The summed E-state index contributed by atoms with van der Waals surface area (Å²) in [7, 11) is 1.72. The number of thiophene rings is 1. The van der Waals surface area contributed by atoms with Gasteiger partial charge in [0.1, 0.15) is 10.9 Å². The number of unbranched alkanes of at least 4 members (excludes halogenated alkanes) is 4. The third-order valence-corrected chi connectivity index (χ3v) is 13.5. The van der Waals surface area contributed by atoms with Crippen molar-refractivity contribution in [1.82, 2.24) is 29.7 Å². The van der Waals surface area contributed by atoms with Crippen molar-refractivity contribution in [1.29, 1.82) is 0 Å². The first kappa shape index (κ1) is 39.4. The molecule has 3 N–H and O–H groups in total. The molecule has 3 aliphatic rings. The molecule has 60 heavy (non-hydrogen) atoms. The minimum Gasteiger partial charge on any atom is -0.381 e. The highest BCUT2D eigenvalue weighted by atomic mass is 32.1. The van der Waals surface area contributed by atoms with Gasteiger partial charge in [-0.05, 0) is 86.7 Å². The van der Waals surface area contributed by atoms with Gasteiger partial charge in [-0.2, -0.15) is 0 Å². The van der Waals surface area contributed by atoms with Crippen LogP contribution in [0.15, 0.2) is 71.5 Å². The number of hydrogen-bond donors (Lipinski definition) is 3. The van der Waals surface area contributed by atoms with Crippen molar-refractivity contribution < 1.29 is 19.2 Å². The van der Waals surface area contributed by atoms with Crippen LogP contribution >= 0.6 is 11.3 Å². The Hall–Kier alpha value is -6.02. The van der Waals surface area contributed by atoms with Crippen LogP contribution in [0.1, 0.15) is 79.6 Å². The van der Waals surface area contributed by atoms with Crippen molar-refractivity contribution in [3.8, 4) is 11.3 Å². The fourth-order valence-corrected chi connectivity index (χ4v) is 10.1. The quantitative estimate of drug-likeness (QED) is 0.0988. The number of aryl methyl sites for hydroxylation is 2. The second-order valence-electron chi connectivity index (χ2n) is 16.5. The number of imide groups is 1. The summed E-state index contributed by atoms with van der Waals surface area (Å²) in [4.78, 5) is 73.4. The van der Waals surface area contributed by atoms with E-state index in [2.05, 4.69) is 63.3 Å². The standard InChI is InChI=1S/C46H50N8O5S/c1-28-27-47-42-41-32-14-15-33(49-34(32)16-19-38(41)60-43(42)45(58)48-28)30-10-8-11-31(26-30)52-21-23-53(24-22-52)40(56)12-7-5-3-4-6-9-29-13-17-35-37(25-29)51(2)46(59)54(35)36-18-20-39(55)50-44(36)57/h8,10-11,13-17,19,25-26,28,36,47H,3-7,9,12,18,20-24,27H2,1-2H3,(H,48,58)(H,50,55,57)/t28-,36?/m1/s1. The van der Waals surface area contributed by atoms with Gasteiger partial charge in [0.2, 0.25) is 17.7 Å². The molecule has 13 nitrogen and oxygen atoms in total. The van der Waals surface area contributed by atoms with Crippen LogP contribution in [0.3, 0.4) is 0 Å². The second kappa shape index (κ2) is 16.6. The molecule has 3 aliphatic heterocycles. The predicted molar refractivity (Wildman–Crippen MR) is 237 cm³/mol. The summed E-state index contributed by atoms with van der Waals surface area (Å²) >= 11 is 1.52. The summed E-state index contributed by atoms with van der Waals surface area (Å²) in [6.45, 7) is 5.65. The zero-order valence-electron chi connectivity index (χ0n) is 34.1. The molecule has 310 valence electrons. The van der Waals surface area contributed by atoms with Gasteiger partial charge in [-0.1, -0.05) is 37.5 Å². The summed E-state index contributed by atoms with van der Waals surface area (Å²) < 4.78 is 4.17. The Balaban J connectivity index is 0.734. The third-order valence-electron chi connectivity index (χ3n) is 12.4. The lowest BCUT2D eigenvalue weighted by Gasteiger charge is -2.36. The number of hydrogen-bond acceptors (Lipinski definition) is 9. The number of carbonyl (C=O) groups is 4. The lowest BCUT2D eigenvalue weighted by atomic mass is 10.0. The number of rotatable bonds is 11. The highest BCUT2D eigenvalue weighted by Crippen LogP contribution is 2.41. The van der Waals surface area contributed by atoms with Crippen LogP contribution in [0, 0.1) is 0 Å². The summed E-state index contributed by atoms with van der Waals surface area (Å²) in [6.07, 6.45) is 7.03. The number of amides is 4. The molecule has 0 spiro atoms. The molecule has 0 bridgehead atoms. The maximum Gasteiger partial charge on any atom is 0.329 e. The van der Waals surface area contributed by atoms with Crippen molar-refractivity contribution in [2.24, 2.45) is 7.05 Å². The van der Waals surface area contributed by atoms with Gasteiger partial charge in [0.05, 0.1) is 27.9 Å². The van der Waals surface area contributed by atoms with Crippen LogP contribution in [0.25, 0.3) is 43.3 Å². The van der Waals surface area contributed by atoms with Crippen molar-refractivity contribution in [3.63, 3.8) is 0 Å². The van der Waals surface area contributed by atoms with E-state index in [1.54, 1.807) is 11.6 Å². The van der Waals surface area contributed by atoms with Gasteiger partial charge in [-0.25, -0.2) is 9.78 Å². The third kappa shape index (κ3) is 7.64. The number of aromatic nitrogens is 3. The Labute approximate surface area is 351 Å². The Kier molecular flexibility index (Phi) is 10.9. The zero-order chi connectivity index (χ0) is 41.5. The molecule has 2 fully saturated rings. The minimum absolute atomic E-state index is 0.0319. The molecule has 2 atom stereocenters. The number of piperazine rings is 1. The highest BCUT2D eigenvalue weighted by Gasteiger charge is 2.31. The molecule has 6 heterocycles. The number of nitrogens with one attached hydrogen (secondary N) is 3. The number of pyridine rings is 1. The van der Waals surface area contributed by atoms with E-state index < -0.39 is 11.9 Å². The van der Waals surface area contributed by atoms with E-state index in [0.717, 1.165) is 111 Å². The van der Waals surface area contributed by atoms with Gasteiger partial charge in [0, 0.05) is 85.4 Å². The molecule has 1 unspecified atom stereocenters. The highest BCUT2D eigenvalue weighted by molar-refractivity contribution is 7.21. The van der Waals surface area contributed by atoms with E-state index in [4.69, 9.17) is 4.98 Å². The Morgan fingerprint density at radius 1 is 0.883 bits per heavy atom. The lowest BCUT2D eigenvalue weighted by molar-refractivity contribution is -0.136. The van der Waals surface area contributed by atoms with Gasteiger partial charge >= 0.3 is 5.69 Å². The average molecular weight is 827 g/mol. The number of benzene rings is 3. The molecule has 6 aromatic rings.